The van der Waals surface area contributed by atoms with Crippen molar-refractivity contribution < 1.29 is 9.47 Å². The van der Waals surface area contributed by atoms with Gasteiger partial charge in [0.05, 0.1) is 18.0 Å². The van der Waals surface area contributed by atoms with Crippen LogP contribution in [-0.2, 0) is 4.74 Å². The standard InChI is InChI=1S/C16H17N3O2/c1-12-5-6-15(13(8-12)9-17)21-14-10-18-19(11-14)16-4-2-3-7-20-16/h5-6,8,10-11,16H,2-4,7H2,1H3. The molecule has 21 heavy (non-hydrogen) atoms. The third kappa shape index (κ3) is 3.06. The maximum Gasteiger partial charge on any atom is 0.165 e. The summed E-state index contributed by atoms with van der Waals surface area (Å²) in [4.78, 5) is 0. The highest BCUT2D eigenvalue weighted by molar-refractivity contribution is 5.46. The maximum absolute atomic E-state index is 9.16. The van der Waals surface area contributed by atoms with Crippen LogP contribution in [0.3, 0.4) is 0 Å². The molecular weight excluding hydrogens is 266 g/mol. The normalized spacial score (nSPS) is 18.2. The van der Waals surface area contributed by atoms with Crippen LogP contribution >= 0.6 is 0 Å². The molecule has 3 rings (SSSR count). The molecule has 1 aromatic heterocycles. The van der Waals surface area contributed by atoms with E-state index in [4.69, 9.17) is 14.7 Å². The summed E-state index contributed by atoms with van der Waals surface area (Å²) in [5, 5.41) is 13.5. The van der Waals surface area contributed by atoms with Crippen molar-refractivity contribution in [2.45, 2.75) is 32.4 Å². The average Bonchev–Trinajstić information content (AvgIpc) is 2.98. The number of aryl methyl sites for hydroxylation is 1. The molecule has 0 saturated carbocycles. The zero-order valence-corrected chi connectivity index (χ0v) is 12.0. The smallest absolute Gasteiger partial charge is 0.165 e. The average molecular weight is 283 g/mol. The summed E-state index contributed by atoms with van der Waals surface area (Å²) < 4.78 is 13.2. The van der Waals surface area contributed by atoms with Crippen LogP contribution in [0.4, 0.5) is 0 Å². The van der Waals surface area contributed by atoms with Crippen molar-refractivity contribution in [3.63, 3.8) is 0 Å². The lowest BCUT2D eigenvalue weighted by Crippen LogP contribution is -2.18. The van der Waals surface area contributed by atoms with Gasteiger partial charge in [-0.2, -0.15) is 10.4 Å². The fourth-order valence-electron chi connectivity index (χ4n) is 2.41. The first-order chi connectivity index (χ1) is 10.3. The highest BCUT2D eigenvalue weighted by Gasteiger charge is 2.17. The molecule has 0 bridgehead atoms. The molecule has 0 N–H and O–H groups in total. The van der Waals surface area contributed by atoms with Crippen LogP contribution < -0.4 is 4.74 Å². The maximum atomic E-state index is 9.16. The van der Waals surface area contributed by atoms with Crippen LogP contribution in [0, 0.1) is 18.3 Å². The Hall–Kier alpha value is -2.32. The Morgan fingerprint density at radius 3 is 3.10 bits per heavy atom. The summed E-state index contributed by atoms with van der Waals surface area (Å²) in [5.74, 6) is 1.16. The van der Waals surface area contributed by atoms with Crippen molar-refractivity contribution in [1.82, 2.24) is 9.78 Å². The fourth-order valence-corrected chi connectivity index (χ4v) is 2.41. The number of benzene rings is 1. The summed E-state index contributed by atoms with van der Waals surface area (Å²) in [6, 6.07) is 7.69. The Balaban J connectivity index is 1.77. The van der Waals surface area contributed by atoms with Crippen molar-refractivity contribution in [3.05, 3.63) is 41.7 Å². The van der Waals surface area contributed by atoms with Gasteiger partial charge in [-0.05, 0) is 43.9 Å². The number of nitriles is 1. The van der Waals surface area contributed by atoms with Gasteiger partial charge in [0.2, 0.25) is 0 Å². The molecule has 1 atom stereocenters. The Morgan fingerprint density at radius 1 is 1.43 bits per heavy atom. The SMILES string of the molecule is Cc1ccc(Oc2cnn(C3CCCCO3)c2)c(C#N)c1. The second kappa shape index (κ2) is 5.98. The van der Waals surface area contributed by atoms with Crippen LogP contribution in [0.25, 0.3) is 0 Å². The van der Waals surface area contributed by atoms with Gasteiger partial charge in [0.15, 0.2) is 5.75 Å². The van der Waals surface area contributed by atoms with Crippen LogP contribution in [-0.4, -0.2) is 16.4 Å². The summed E-state index contributed by atoms with van der Waals surface area (Å²) in [7, 11) is 0. The van der Waals surface area contributed by atoms with Gasteiger partial charge in [-0.25, -0.2) is 4.68 Å². The molecular formula is C16H17N3O2. The van der Waals surface area contributed by atoms with E-state index in [1.165, 1.54) is 0 Å². The minimum absolute atomic E-state index is 0.00967. The van der Waals surface area contributed by atoms with E-state index in [-0.39, 0.29) is 6.23 Å². The van der Waals surface area contributed by atoms with Gasteiger partial charge < -0.3 is 9.47 Å². The first-order valence-corrected chi connectivity index (χ1v) is 7.10. The van der Waals surface area contributed by atoms with Crippen molar-refractivity contribution in [3.8, 4) is 17.6 Å². The summed E-state index contributed by atoms with van der Waals surface area (Å²) in [5.41, 5.74) is 1.56. The number of rotatable bonds is 3. The Kier molecular flexibility index (Phi) is 3.89. The van der Waals surface area contributed by atoms with Gasteiger partial charge in [0.1, 0.15) is 18.0 Å². The molecule has 5 nitrogen and oxygen atoms in total. The molecule has 0 spiro atoms. The van der Waals surface area contributed by atoms with Gasteiger partial charge in [0.25, 0.3) is 0 Å². The fraction of sp³-hybridized carbons (Fsp3) is 0.375. The molecule has 1 unspecified atom stereocenters. The Morgan fingerprint density at radius 2 is 2.33 bits per heavy atom. The predicted molar refractivity (Wildman–Crippen MR) is 77.0 cm³/mol. The van der Waals surface area contributed by atoms with Crippen molar-refractivity contribution in [1.29, 1.82) is 5.26 Å². The number of hydrogen-bond acceptors (Lipinski definition) is 4. The van der Waals surface area contributed by atoms with Gasteiger partial charge in [0, 0.05) is 6.61 Å². The van der Waals surface area contributed by atoms with E-state index in [2.05, 4.69) is 11.2 Å². The zero-order chi connectivity index (χ0) is 14.7. The van der Waals surface area contributed by atoms with Crippen LogP contribution in [0.2, 0.25) is 0 Å². The largest absolute Gasteiger partial charge is 0.453 e. The molecule has 1 aromatic carbocycles. The summed E-state index contributed by atoms with van der Waals surface area (Å²) in [6.07, 6.45) is 6.68. The van der Waals surface area contributed by atoms with Crippen molar-refractivity contribution in [2.24, 2.45) is 0 Å². The van der Waals surface area contributed by atoms with E-state index in [9.17, 15) is 0 Å². The third-order valence-electron chi connectivity index (χ3n) is 3.51. The van der Waals surface area contributed by atoms with E-state index in [0.717, 1.165) is 31.4 Å². The minimum atomic E-state index is -0.00967. The topological polar surface area (TPSA) is 60.1 Å². The molecule has 1 aliphatic heterocycles. The van der Waals surface area contributed by atoms with Crippen LogP contribution in [0.15, 0.2) is 30.6 Å². The lowest BCUT2D eigenvalue weighted by molar-refractivity contribution is -0.0395. The molecule has 0 aliphatic carbocycles. The van der Waals surface area contributed by atoms with Crippen LogP contribution in [0.5, 0.6) is 11.5 Å². The monoisotopic (exact) mass is 283 g/mol. The molecule has 2 heterocycles. The number of nitrogens with zero attached hydrogens (tertiary/aromatic N) is 3. The summed E-state index contributed by atoms with van der Waals surface area (Å²) >= 11 is 0. The molecule has 2 aromatic rings. The van der Waals surface area contributed by atoms with Crippen molar-refractivity contribution >= 4 is 0 Å². The Labute approximate surface area is 123 Å². The first kappa shape index (κ1) is 13.7. The molecule has 1 saturated heterocycles. The number of ether oxygens (including phenoxy) is 2. The molecule has 1 fully saturated rings. The first-order valence-electron chi connectivity index (χ1n) is 7.10. The van der Waals surface area contributed by atoms with E-state index in [0.29, 0.717) is 17.1 Å². The second-order valence-electron chi connectivity index (χ2n) is 5.19. The van der Waals surface area contributed by atoms with E-state index in [1.807, 2.05) is 31.3 Å². The van der Waals surface area contributed by atoms with E-state index in [1.54, 1.807) is 10.9 Å². The van der Waals surface area contributed by atoms with E-state index < -0.39 is 0 Å². The third-order valence-corrected chi connectivity index (χ3v) is 3.51. The highest BCUT2D eigenvalue weighted by Crippen LogP contribution is 2.28. The van der Waals surface area contributed by atoms with Gasteiger partial charge in [-0.15, -0.1) is 0 Å². The minimum Gasteiger partial charge on any atom is -0.453 e. The lowest BCUT2D eigenvalue weighted by atomic mass is 10.1. The van der Waals surface area contributed by atoms with Crippen molar-refractivity contribution in [2.75, 3.05) is 6.61 Å². The van der Waals surface area contributed by atoms with Crippen LogP contribution in [0.1, 0.15) is 36.6 Å². The quantitative estimate of drug-likeness (QED) is 0.864. The molecule has 1 aliphatic rings. The number of hydrogen-bond donors (Lipinski definition) is 0. The highest BCUT2D eigenvalue weighted by atomic mass is 16.5. The zero-order valence-electron chi connectivity index (χ0n) is 12.0. The van der Waals surface area contributed by atoms with Gasteiger partial charge in [-0.3, -0.25) is 0 Å². The molecule has 0 radical (unpaired) electrons. The lowest BCUT2D eigenvalue weighted by Gasteiger charge is -2.22. The van der Waals surface area contributed by atoms with Gasteiger partial charge in [-0.1, -0.05) is 6.07 Å². The Bertz CT molecular complexity index is 666. The molecule has 5 heteroatoms. The molecule has 108 valence electrons. The number of aromatic nitrogens is 2. The van der Waals surface area contributed by atoms with Gasteiger partial charge >= 0.3 is 0 Å². The second-order valence-corrected chi connectivity index (χ2v) is 5.19. The molecule has 0 amide bonds. The predicted octanol–water partition coefficient (Wildman–Crippen LogP) is 3.55. The summed E-state index contributed by atoms with van der Waals surface area (Å²) in [6.45, 7) is 2.72. The van der Waals surface area contributed by atoms with E-state index >= 15 is 0 Å².